The van der Waals surface area contributed by atoms with Gasteiger partial charge in [-0.05, 0) is 55.2 Å². The number of aryl methyl sites for hydroxylation is 2. The van der Waals surface area contributed by atoms with Gasteiger partial charge in [-0.2, -0.15) is 4.72 Å². The molecule has 0 heterocycles. The van der Waals surface area contributed by atoms with Gasteiger partial charge in [0, 0.05) is 5.69 Å². The highest BCUT2D eigenvalue weighted by Gasteiger charge is 2.29. The van der Waals surface area contributed by atoms with Crippen LogP contribution in [0.25, 0.3) is 0 Å². The maximum atomic E-state index is 13.8. The van der Waals surface area contributed by atoms with Crippen molar-refractivity contribution in [1.29, 1.82) is 0 Å². The monoisotopic (exact) mass is 378 g/mol. The number of benzene rings is 2. The third-order valence-corrected chi connectivity index (χ3v) is 5.61. The van der Waals surface area contributed by atoms with Gasteiger partial charge in [0.2, 0.25) is 15.9 Å². The van der Waals surface area contributed by atoms with Crippen molar-refractivity contribution in [2.75, 3.05) is 5.32 Å². The molecule has 26 heavy (non-hydrogen) atoms. The Balaban J connectivity index is 2.24. The molecule has 0 aliphatic heterocycles. The van der Waals surface area contributed by atoms with Gasteiger partial charge in [-0.25, -0.2) is 12.8 Å². The number of nitrogens with one attached hydrogen (secondary N) is 2. The van der Waals surface area contributed by atoms with Crippen LogP contribution in [0.3, 0.4) is 0 Å². The highest BCUT2D eigenvalue weighted by molar-refractivity contribution is 7.89. The van der Waals surface area contributed by atoms with E-state index in [9.17, 15) is 17.6 Å². The van der Waals surface area contributed by atoms with Crippen molar-refractivity contribution in [3.8, 4) is 0 Å². The average Bonchev–Trinajstić information content (AvgIpc) is 2.56. The topological polar surface area (TPSA) is 75.3 Å². The van der Waals surface area contributed by atoms with Gasteiger partial charge in [-0.15, -0.1) is 0 Å². The van der Waals surface area contributed by atoms with Crippen molar-refractivity contribution in [2.24, 2.45) is 5.92 Å². The molecule has 7 heteroatoms. The normalized spacial score (nSPS) is 12.8. The van der Waals surface area contributed by atoms with Crippen molar-refractivity contribution >= 4 is 21.6 Å². The minimum atomic E-state index is -4.17. The highest BCUT2D eigenvalue weighted by Crippen LogP contribution is 2.18. The minimum Gasteiger partial charge on any atom is -0.325 e. The molecule has 0 radical (unpaired) electrons. The standard InChI is InChI=1S/C19H23FN2O3S/c1-12(2)18(19(23)21-15-10-9-13(3)14(4)11-15)22-26(24,25)17-8-6-5-7-16(17)20/h5-12,18,22H,1-4H3,(H,21,23). The molecular weight excluding hydrogens is 355 g/mol. The summed E-state index contributed by atoms with van der Waals surface area (Å²) >= 11 is 0. The average molecular weight is 378 g/mol. The summed E-state index contributed by atoms with van der Waals surface area (Å²) in [5.41, 5.74) is 2.67. The third kappa shape index (κ3) is 4.68. The lowest BCUT2D eigenvalue weighted by molar-refractivity contribution is -0.118. The van der Waals surface area contributed by atoms with Crippen LogP contribution in [-0.2, 0) is 14.8 Å². The van der Waals surface area contributed by atoms with Gasteiger partial charge in [0.25, 0.3) is 0 Å². The van der Waals surface area contributed by atoms with E-state index in [2.05, 4.69) is 10.0 Å². The predicted molar refractivity (Wildman–Crippen MR) is 99.9 cm³/mol. The summed E-state index contributed by atoms with van der Waals surface area (Å²) in [6, 6.07) is 9.46. The Morgan fingerprint density at radius 3 is 2.27 bits per heavy atom. The maximum absolute atomic E-state index is 13.8. The smallest absolute Gasteiger partial charge is 0.244 e. The molecule has 2 aromatic rings. The molecule has 2 aromatic carbocycles. The van der Waals surface area contributed by atoms with E-state index in [1.165, 1.54) is 12.1 Å². The second kappa shape index (κ2) is 7.97. The summed E-state index contributed by atoms with van der Waals surface area (Å²) in [6.07, 6.45) is 0. The summed E-state index contributed by atoms with van der Waals surface area (Å²) < 4.78 is 41.1. The second-order valence-electron chi connectivity index (χ2n) is 6.56. The van der Waals surface area contributed by atoms with E-state index in [4.69, 9.17) is 0 Å². The molecule has 1 amide bonds. The van der Waals surface area contributed by atoms with Gasteiger partial charge in [-0.1, -0.05) is 32.0 Å². The summed E-state index contributed by atoms with van der Waals surface area (Å²) in [5, 5.41) is 2.72. The first kappa shape index (κ1) is 20.1. The summed E-state index contributed by atoms with van der Waals surface area (Å²) in [6.45, 7) is 7.31. The molecule has 2 rings (SSSR count). The zero-order chi connectivity index (χ0) is 19.5. The van der Waals surface area contributed by atoms with Crippen LogP contribution in [0.5, 0.6) is 0 Å². The van der Waals surface area contributed by atoms with Gasteiger partial charge < -0.3 is 5.32 Å². The summed E-state index contributed by atoms with van der Waals surface area (Å²) in [7, 11) is -4.17. The fourth-order valence-electron chi connectivity index (χ4n) is 2.42. The van der Waals surface area contributed by atoms with Gasteiger partial charge >= 0.3 is 0 Å². The van der Waals surface area contributed by atoms with Gasteiger partial charge in [-0.3, -0.25) is 4.79 Å². The van der Waals surface area contributed by atoms with Crippen LogP contribution < -0.4 is 10.0 Å². The first-order chi connectivity index (χ1) is 12.1. The minimum absolute atomic E-state index is 0.330. The van der Waals surface area contributed by atoms with Crippen LogP contribution in [0.1, 0.15) is 25.0 Å². The number of hydrogen-bond donors (Lipinski definition) is 2. The molecule has 0 aliphatic rings. The number of rotatable bonds is 6. The largest absolute Gasteiger partial charge is 0.325 e. The van der Waals surface area contributed by atoms with Gasteiger partial charge in [0.15, 0.2) is 0 Å². The number of carbonyl (C=O) groups excluding carboxylic acids is 1. The molecule has 2 N–H and O–H groups in total. The van der Waals surface area contributed by atoms with Crippen LogP contribution in [-0.4, -0.2) is 20.4 Å². The molecule has 5 nitrogen and oxygen atoms in total. The third-order valence-electron chi connectivity index (χ3n) is 4.13. The Bertz CT molecular complexity index is 911. The first-order valence-corrected chi connectivity index (χ1v) is 9.75. The van der Waals surface area contributed by atoms with Crippen LogP contribution >= 0.6 is 0 Å². The molecule has 1 unspecified atom stereocenters. The summed E-state index contributed by atoms with van der Waals surface area (Å²) in [5.74, 6) is -1.69. The van der Waals surface area contributed by atoms with E-state index in [1.54, 1.807) is 19.9 Å². The molecule has 0 fully saturated rings. The predicted octanol–water partition coefficient (Wildman–Crippen LogP) is 3.38. The van der Waals surface area contributed by atoms with Crippen LogP contribution in [0, 0.1) is 25.6 Å². The highest BCUT2D eigenvalue weighted by atomic mass is 32.2. The Morgan fingerprint density at radius 1 is 1.04 bits per heavy atom. The van der Waals surface area contributed by atoms with Gasteiger partial charge in [0.1, 0.15) is 16.8 Å². The molecule has 0 spiro atoms. The van der Waals surface area contributed by atoms with Crippen LogP contribution in [0.4, 0.5) is 10.1 Å². The van der Waals surface area contributed by atoms with E-state index < -0.39 is 32.7 Å². The number of carbonyl (C=O) groups is 1. The molecule has 0 aromatic heterocycles. The Kier molecular flexibility index (Phi) is 6.15. The van der Waals surface area contributed by atoms with E-state index in [1.807, 2.05) is 26.0 Å². The number of hydrogen-bond acceptors (Lipinski definition) is 3. The molecule has 0 saturated heterocycles. The molecule has 0 saturated carbocycles. The fourth-order valence-corrected chi connectivity index (χ4v) is 3.85. The zero-order valence-corrected chi connectivity index (χ0v) is 16.0. The lowest BCUT2D eigenvalue weighted by atomic mass is 10.0. The number of sulfonamides is 1. The Labute approximate surface area is 153 Å². The number of amides is 1. The van der Waals surface area contributed by atoms with Crippen molar-refractivity contribution in [2.45, 2.75) is 38.6 Å². The number of anilines is 1. The second-order valence-corrected chi connectivity index (χ2v) is 8.24. The molecular formula is C19H23FN2O3S. The van der Waals surface area contributed by atoms with Crippen LogP contribution in [0.2, 0.25) is 0 Å². The molecule has 140 valence electrons. The maximum Gasteiger partial charge on any atom is 0.244 e. The molecule has 1 atom stereocenters. The fraction of sp³-hybridized carbons (Fsp3) is 0.316. The molecule has 0 aliphatic carbocycles. The van der Waals surface area contributed by atoms with Crippen molar-refractivity contribution in [3.63, 3.8) is 0 Å². The lowest BCUT2D eigenvalue weighted by Gasteiger charge is -2.22. The Morgan fingerprint density at radius 2 is 1.69 bits per heavy atom. The SMILES string of the molecule is Cc1ccc(NC(=O)C(NS(=O)(=O)c2ccccc2F)C(C)C)cc1C. The quantitative estimate of drug-likeness (QED) is 0.809. The van der Waals surface area contributed by atoms with Crippen molar-refractivity contribution in [3.05, 3.63) is 59.4 Å². The molecule has 0 bridgehead atoms. The first-order valence-electron chi connectivity index (χ1n) is 8.27. The van der Waals surface area contributed by atoms with E-state index in [0.717, 1.165) is 23.3 Å². The van der Waals surface area contributed by atoms with E-state index in [-0.39, 0.29) is 5.92 Å². The van der Waals surface area contributed by atoms with E-state index >= 15 is 0 Å². The zero-order valence-electron chi connectivity index (χ0n) is 15.2. The van der Waals surface area contributed by atoms with Crippen LogP contribution in [0.15, 0.2) is 47.4 Å². The van der Waals surface area contributed by atoms with Crippen molar-refractivity contribution < 1.29 is 17.6 Å². The van der Waals surface area contributed by atoms with E-state index in [0.29, 0.717) is 5.69 Å². The van der Waals surface area contributed by atoms with Gasteiger partial charge in [0.05, 0.1) is 0 Å². The Hall–Kier alpha value is -2.25. The summed E-state index contributed by atoms with van der Waals surface area (Å²) in [4.78, 5) is 12.1. The van der Waals surface area contributed by atoms with Crippen molar-refractivity contribution in [1.82, 2.24) is 4.72 Å². The lowest BCUT2D eigenvalue weighted by Crippen LogP contribution is -2.47. The number of halogens is 1.